The van der Waals surface area contributed by atoms with Gasteiger partial charge in [0.2, 0.25) is 0 Å². The molecule has 0 radical (unpaired) electrons. The Hall–Kier alpha value is -2.16. The highest BCUT2D eigenvalue weighted by Gasteiger charge is 2.12. The number of hydrogen-bond donors (Lipinski definition) is 5. The van der Waals surface area contributed by atoms with Gasteiger partial charge in [0.25, 0.3) is 0 Å². The molecule has 0 aliphatic rings. The number of aliphatic hydroxyl groups excluding tert-OH is 3. The first-order chi connectivity index (χ1) is 9.58. The molecule has 7 N–H and O–H groups in total. The van der Waals surface area contributed by atoms with Crippen molar-refractivity contribution in [2.24, 2.45) is 0 Å². The number of anilines is 2. The summed E-state index contributed by atoms with van der Waals surface area (Å²) in [5, 5.41) is 28.1. The Morgan fingerprint density at radius 3 is 2.75 bits per heavy atom. The summed E-state index contributed by atoms with van der Waals surface area (Å²) in [5.74, 6) is 0.299. The lowest BCUT2D eigenvalue weighted by atomic mass is 10.1. The first-order valence-electron chi connectivity index (χ1n) is 6.02. The summed E-state index contributed by atoms with van der Waals surface area (Å²) in [5.41, 5.74) is 13.0. The molecule has 0 saturated carbocycles. The normalized spacial score (nSPS) is 13.8. The van der Waals surface area contributed by atoms with E-state index < -0.39 is 12.7 Å². The first-order valence-corrected chi connectivity index (χ1v) is 6.02. The van der Waals surface area contributed by atoms with Gasteiger partial charge in [-0.1, -0.05) is 6.08 Å². The Bertz CT molecular complexity index is 637. The van der Waals surface area contributed by atoms with Crippen LogP contribution in [0.3, 0.4) is 0 Å². The summed E-state index contributed by atoms with van der Waals surface area (Å²) in [6, 6.07) is 0. The number of nitrogen functional groups attached to an aromatic ring is 2. The molecule has 2 aromatic heterocycles. The van der Waals surface area contributed by atoms with Crippen molar-refractivity contribution in [1.29, 1.82) is 0 Å². The SMILES string of the molecule is Nc1cn(C/C=C(/CO)C(O)CO)c2ncnc(N)c12. The molecule has 1 unspecified atom stereocenters. The summed E-state index contributed by atoms with van der Waals surface area (Å²) in [4.78, 5) is 8.00. The largest absolute Gasteiger partial charge is 0.397 e. The summed E-state index contributed by atoms with van der Waals surface area (Å²) >= 11 is 0. The lowest BCUT2D eigenvalue weighted by molar-refractivity contribution is 0.111. The van der Waals surface area contributed by atoms with Gasteiger partial charge in [0.05, 0.1) is 24.3 Å². The molecular weight excluding hydrogens is 262 g/mol. The average molecular weight is 279 g/mol. The van der Waals surface area contributed by atoms with Crippen LogP contribution in [0.4, 0.5) is 11.5 Å². The van der Waals surface area contributed by atoms with Gasteiger partial charge in [0.15, 0.2) is 0 Å². The number of nitrogens with zero attached hydrogens (tertiary/aromatic N) is 3. The molecule has 2 rings (SSSR count). The van der Waals surface area contributed by atoms with E-state index in [0.717, 1.165) is 0 Å². The molecule has 0 aromatic carbocycles. The average Bonchev–Trinajstić information content (AvgIpc) is 2.77. The second kappa shape index (κ2) is 5.87. The lowest BCUT2D eigenvalue weighted by Gasteiger charge is -2.10. The molecule has 2 heterocycles. The van der Waals surface area contributed by atoms with Gasteiger partial charge in [0.1, 0.15) is 23.9 Å². The Labute approximate surface area is 115 Å². The molecule has 0 bridgehead atoms. The zero-order valence-electron chi connectivity index (χ0n) is 10.8. The van der Waals surface area contributed by atoms with Gasteiger partial charge >= 0.3 is 0 Å². The van der Waals surface area contributed by atoms with Crippen molar-refractivity contribution in [2.75, 3.05) is 24.7 Å². The summed E-state index contributed by atoms with van der Waals surface area (Å²) < 4.78 is 1.72. The zero-order chi connectivity index (χ0) is 14.7. The van der Waals surface area contributed by atoms with Crippen molar-refractivity contribution in [2.45, 2.75) is 12.6 Å². The minimum atomic E-state index is -1.08. The molecule has 0 amide bonds. The Balaban J connectivity index is 2.35. The second-order valence-electron chi connectivity index (χ2n) is 4.33. The molecule has 1 atom stereocenters. The molecule has 2 aromatic rings. The Kier molecular flexibility index (Phi) is 4.18. The van der Waals surface area contributed by atoms with Crippen molar-refractivity contribution < 1.29 is 15.3 Å². The quantitative estimate of drug-likeness (QED) is 0.435. The van der Waals surface area contributed by atoms with Crippen LogP contribution in [0.15, 0.2) is 24.2 Å². The number of allylic oxidation sites excluding steroid dienone is 1. The molecule has 0 spiro atoms. The van der Waals surface area contributed by atoms with Gasteiger partial charge in [-0.15, -0.1) is 0 Å². The van der Waals surface area contributed by atoms with Gasteiger partial charge in [-0.2, -0.15) is 0 Å². The number of aromatic nitrogens is 3. The van der Waals surface area contributed by atoms with E-state index in [-0.39, 0.29) is 6.61 Å². The van der Waals surface area contributed by atoms with Crippen molar-refractivity contribution in [3.63, 3.8) is 0 Å². The molecule has 8 nitrogen and oxygen atoms in total. The highest BCUT2D eigenvalue weighted by atomic mass is 16.3. The fourth-order valence-corrected chi connectivity index (χ4v) is 1.96. The third kappa shape index (κ3) is 2.57. The maximum absolute atomic E-state index is 9.50. The predicted molar refractivity (Wildman–Crippen MR) is 74.6 cm³/mol. The molecule has 0 saturated heterocycles. The smallest absolute Gasteiger partial charge is 0.147 e. The van der Waals surface area contributed by atoms with Crippen molar-refractivity contribution in [3.05, 3.63) is 24.2 Å². The Morgan fingerprint density at radius 1 is 1.35 bits per heavy atom. The van der Waals surface area contributed by atoms with E-state index in [1.807, 2.05) is 0 Å². The van der Waals surface area contributed by atoms with Crippen LogP contribution in [-0.2, 0) is 6.54 Å². The van der Waals surface area contributed by atoms with Crippen molar-refractivity contribution in [3.8, 4) is 0 Å². The van der Waals surface area contributed by atoms with E-state index in [4.69, 9.17) is 21.7 Å². The highest BCUT2D eigenvalue weighted by molar-refractivity contribution is 5.97. The third-order valence-corrected chi connectivity index (χ3v) is 3.05. The maximum atomic E-state index is 9.50. The van der Waals surface area contributed by atoms with Crippen LogP contribution in [0.1, 0.15) is 0 Å². The van der Waals surface area contributed by atoms with Gasteiger partial charge in [0, 0.05) is 12.7 Å². The summed E-state index contributed by atoms with van der Waals surface area (Å²) in [6.07, 6.45) is 3.52. The lowest BCUT2D eigenvalue weighted by Crippen LogP contribution is -2.18. The second-order valence-corrected chi connectivity index (χ2v) is 4.33. The molecule has 0 aliphatic carbocycles. The fourth-order valence-electron chi connectivity index (χ4n) is 1.96. The standard InChI is InChI=1S/C12H17N5O3/c13-8-3-17(2-1-7(4-18)9(20)5-19)12-10(8)11(14)15-6-16-12/h1,3,6,9,18-20H,2,4-5,13H2,(H2,14,15,16)/b7-1-. The number of nitrogens with two attached hydrogens (primary N) is 2. The molecule has 108 valence electrons. The monoisotopic (exact) mass is 279 g/mol. The number of aliphatic hydroxyl groups is 3. The van der Waals surface area contributed by atoms with E-state index in [0.29, 0.717) is 34.7 Å². The Morgan fingerprint density at radius 2 is 2.10 bits per heavy atom. The number of rotatable bonds is 5. The minimum Gasteiger partial charge on any atom is -0.397 e. The van der Waals surface area contributed by atoms with E-state index in [1.165, 1.54) is 6.33 Å². The number of hydrogen-bond acceptors (Lipinski definition) is 7. The van der Waals surface area contributed by atoms with Crippen molar-refractivity contribution in [1.82, 2.24) is 14.5 Å². The van der Waals surface area contributed by atoms with E-state index in [1.54, 1.807) is 16.8 Å². The molecule has 0 aliphatic heterocycles. The van der Waals surface area contributed by atoms with Crippen LogP contribution in [0.2, 0.25) is 0 Å². The van der Waals surface area contributed by atoms with Crippen LogP contribution in [-0.4, -0.2) is 49.2 Å². The van der Waals surface area contributed by atoms with Gasteiger partial charge in [-0.05, 0) is 5.57 Å². The highest BCUT2D eigenvalue weighted by Crippen LogP contribution is 2.25. The van der Waals surface area contributed by atoms with Crippen LogP contribution < -0.4 is 11.5 Å². The molecule has 8 heteroatoms. The van der Waals surface area contributed by atoms with Gasteiger partial charge in [-0.3, -0.25) is 0 Å². The fraction of sp³-hybridized carbons (Fsp3) is 0.333. The number of fused-ring (bicyclic) bond motifs is 1. The topological polar surface area (TPSA) is 143 Å². The van der Waals surface area contributed by atoms with Gasteiger partial charge < -0.3 is 31.4 Å². The molecule has 0 fully saturated rings. The zero-order valence-corrected chi connectivity index (χ0v) is 10.8. The van der Waals surface area contributed by atoms with E-state index in [2.05, 4.69) is 9.97 Å². The molecular formula is C12H17N5O3. The maximum Gasteiger partial charge on any atom is 0.147 e. The first kappa shape index (κ1) is 14.3. The summed E-state index contributed by atoms with van der Waals surface area (Å²) in [7, 11) is 0. The molecule has 20 heavy (non-hydrogen) atoms. The summed E-state index contributed by atoms with van der Waals surface area (Å²) in [6.45, 7) is -0.458. The van der Waals surface area contributed by atoms with Crippen LogP contribution in [0.25, 0.3) is 11.0 Å². The van der Waals surface area contributed by atoms with Gasteiger partial charge in [-0.25, -0.2) is 9.97 Å². The van der Waals surface area contributed by atoms with Crippen LogP contribution >= 0.6 is 0 Å². The third-order valence-electron chi connectivity index (χ3n) is 3.05. The van der Waals surface area contributed by atoms with Crippen LogP contribution in [0, 0.1) is 0 Å². The predicted octanol–water partition coefficient (Wildman–Crippen LogP) is -1.13. The van der Waals surface area contributed by atoms with Crippen molar-refractivity contribution >= 4 is 22.5 Å². The van der Waals surface area contributed by atoms with E-state index in [9.17, 15) is 5.11 Å². The van der Waals surface area contributed by atoms with E-state index >= 15 is 0 Å². The minimum absolute atomic E-state index is 0.299. The van der Waals surface area contributed by atoms with Crippen LogP contribution in [0.5, 0.6) is 0 Å².